The molecule has 1 aliphatic rings. The van der Waals surface area contributed by atoms with Crippen molar-refractivity contribution < 1.29 is 19.0 Å². The number of halogens is 1. The molecule has 8 nitrogen and oxygen atoms in total. The van der Waals surface area contributed by atoms with E-state index in [1.165, 1.54) is 11.3 Å². The molecule has 0 amide bonds. The summed E-state index contributed by atoms with van der Waals surface area (Å²) in [5.41, 5.74) is 4.29. The van der Waals surface area contributed by atoms with E-state index < -0.39 is 12.0 Å². The molecule has 1 aliphatic heterocycles. The smallest absolute Gasteiger partial charge is 0.338 e. The van der Waals surface area contributed by atoms with Crippen LogP contribution in [0.2, 0.25) is 0 Å². The Bertz CT molecular complexity index is 1970. The molecule has 5 rings (SSSR count). The molecule has 0 saturated heterocycles. The zero-order chi connectivity index (χ0) is 30.7. The number of rotatable bonds is 8. The van der Waals surface area contributed by atoms with E-state index in [0.29, 0.717) is 43.2 Å². The fourth-order valence-corrected chi connectivity index (χ4v) is 6.56. The van der Waals surface area contributed by atoms with Crippen molar-refractivity contribution in [2.75, 3.05) is 13.7 Å². The number of hydrogen-bond donors (Lipinski definition) is 0. The van der Waals surface area contributed by atoms with Crippen molar-refractivity contribution in [3.8, 4) is 17.6 Å². The third-order valence-corrected chi connectivity index (χ3v) is 8.58. The van der Waals surface area contributed by atoms with Gasteiger partial charge in [-0.2, -0.15) is 5.26 Å². The van der Waals surface area contributed by atoms with Gasteiger partial charge in [-0.25, -0.2) is 9.79 Å². The molecule has 0 aliphatic carbocycles. The molecule has 43 heavy (non-hydrogen) atoms. The average molecular weight is 706 g/mol. The van der Waals surface area contributed by atoms with Crippen molar-refractivity contribution >= 4 is 46.0 Å². The summed E-state index contributed by atoms with van der Waals surface area (Å²) in [6.45, 7) is 5.84. The van der Waals surface area contributed by atoms with Gasteiger partial charge in [0.2, 0.25) is 0 Å². The number of carbonyl (C=O) groups is 1. The number of nitrogens with zero attached hydrogens (tertiary/aromatic N) is 3. The first-order chi connectivity index (χ1) is 20.7. The van der Waals surface area contributed by atoms with Crippen molar-refractivity contribution in [3.05, 3.63) is 123 Å². The van der Waals surface area contributed by atoms with Gasteiger partial charge < -0.3 is 14.2 Å². The maximum atomic E-state index is 14.1. The summed E-state index contributed by atoms with van der Waals surface area (Å²) in [5.74, 6) is 0.442. The first-order valence-electron chi connectivity index (χ1n) is 13.5. The van der Waals surface area contributed by atoms with E-state index in [2.05, 4.69) is 33.7 Å². The molecule has 0 radical (unpaired) electrons. The Balaban J connectivity index is 1.67. The van der Waals surface area contributed by atoms with Crippen LogP contribution < -0.4 is 24.4 Å². The van der Waals surface area contributed by atoms with Crippen LogP contribution in [-0.4, -0.2) is 24.3 Å². The molecular formula is C33H28IN3O5S. The van der Waals surface area contributed by atoms with Crippen molar-refractivity contribution in [2.24, 2.45) is 4.99 Å². The van der Waals surface area contributed by atoms with E-state index in [4.69, 9.17) is 14.2 Å². The van der Waals surface area contributed by atoms with Crippen molar-refractivity contribution in [1.29, 1.82) is 5.26 Å². The van der Waals surface area contributed by atoms with E-state index >= 15 is 0 Å². The summed E-state index contributed by atoms with van der Waals surface area (Å²) in [5, 5.41) is 9.52. The highest BCUT2D eigenvalue weighted by atomic mass is 127. The minimum Gasteiger partial charge on any atom is -0.493 e. The van der Waals surface area contributed by atoms with Crippen LogP contribution in [0.5, 0.6) is 11.5 Å². The normalized spacial score (nSPS) is 14.5. The Hall–Kier alpha value is -4.21. The van der Waals surface area contributed by atoms with E-state index in [-0.39, 0.29) is 18.8 Å². The van der Waals surface area contributed by atoms with Crippen LogP contribution in [0.3, 0.4) is 0 Å². The maximum Gasteiger partial charge on any atom is 0.338 e. The third-order valence-electron chi connectivity index (χ3n) is 6.97. The fraction of sp³-hybridized carbons (Fsp3) is 0.212. The molecule has 0 N–H and O–H groups in total. The van der Waals surface area contributed by atoms with E-state index in [1.54, 1.807) is 43.7 Å². The summed E-state index contributed by atoms with van der Waals surface area (Å²) in [4.78, 5) is 32.4. The van der Waals surface area contributed by atoms with Gasteiger partial charge in [0, 0.05) is 14.7 Å². The second-order valence-corrected chi connectivity index (χ2v) is 12.1. The minimum atomic E-state index is -0.693. The molecule has 2 heterocycles. The predicted molar refractivity (Wildman–Crippen MR) is 173 cm³/mol. The fourth-order valence-electron chi connectivity index (χ4n) is 4.90. The summed E-state index contributed by atoms with van der Waals surface area (Å²) >= 11 is 3.43. The second kappa shape index (κ2) is 13.0. The van der Waals surface area contributed by atoms with Gasteiger partial charge in [-0.05, 0) is 73.2 Å². The van der Waals surface area contributed by atoms with Gasteiger partial charge >= 0.3 is 5.97 Å². The number of methoxy groups -OCH3 is 1. The molecule has 0 saturated carbocycles. The van der Waals surface area contributed by atoms with Crippen LogP contribution in [0.25, 0.3) is 6.08 Å². The van der Waals surface area contributed by atoms with Gasteiger partial charge in [0.05, 0.1) is 47.2 Å². The van der Waals surface area contributed by atoms with Crippen molar-refractivity contribution in [1.82, 2.24) is 4.57 Å². The molecule has 4 aromatic rings. The van der Waals surface area contributed by atoms with Crippen LogP contribution in [0.1, 0.15) is 47.7 Å². The number of benzene rings is 3. The molecule has 218 valence electrons. The Labute approximate surface area is 266 Å². The Morgan fingerprint density at radius 3 is 2.60 bits per heavy atom. The molecule has 0 spiro atoms. The number of allylic oxidation sites excluding steroid dienone is 1. The first-order valence-corrected chi connectivity index (χ1v) is 15.4. The summed E-state index contributed by atoms with van der Waals surface area (Å²) < 4.78 is 20.2. The van der Waals surface area contributed by atoms with E-state index in [9.17, 15) is 14.9 Å². The van der Waals surface area contributed by atoms with Gasteiger partial charge in [-0.15, -0.1) is 0 Å². The Morgan fingerprint density at radius 1 is 1.16 bits per heavy atom. The molecular weight excluding hydrogens is 677 g/mol. The molecule has 0 bridgehead atoms. The number of fused-ring (bicyclic) bond motifs is 1. The molecule has 1 aromatic heterocycles. The van der Waals surface area contributed by atoms with Crippen LogP contribution in [0.15, 0.2) is 81.7 Å². The molecule has 10 heteroatoms. The van der Waals surface area contributed by atoms with Crippen LogP contribution in [0.4, 0.5) is 0 Å². The van der Waals surface area contributed by atoms with E-state index in [1.807, 2.05) is 55.5 Å². The van der Waals surface area contributed by atoms with Crippen molar-refractivity contribution in [2.45, 2.75) is 33.4 Å². The van der Waals surface area contributed by atoms with E-state index in [0.717, 1.165) is 20.3 Å². The summed E-state index contributed by atoms with van der Waals surface area (Å²) in [6, 6.07) is 20.2. The van der Waals surface area contributed by atoms with Gasteiger partial charge in [0.1, 0.15) is 6.61 Å². The molecule has 0 fully saturated rings. The largest absolute Gasteiger partial charge is 0.493 e. The van der Waals surface area contributed by atoms with Crippen LogP contribution >= 0.6 is 33.9 Å². The number of esters is 1. The topological polar surface area (TPSA) is 103 Å². The lowest BCUT2D eigenvalue weighted by Crippen LogP contribution is -2.39. The van der Waals surface area contributed by atoms with Gasteiger partial charge in [0.15, 0.2) is 16.3 Å². The van der Waals surface area contributed by atoms with Crippen LogP contribution in [-0.2, 0) is 16.1 Å². The minimum absolute atomic E-state index is 0.137. The third kappa shape index (κ3) is 6.14. The maximum absolute atomic E-state index is 14.1. The SMILES string of the molecule is CCOC(=O)C1=C(C)N=c2s/c(=C\c3cc(I)cc(OC)c3OCc3ccccc3C#N)c(=O)n2[C@H]1c1ccc(C)cc1. The lowest BCUT2D eigenvalue weighted by molar-refractivity contribution is -0.139. The van der Waals surface area contributed by atoms with Crippen molar-refractivity contribution in [3.63, 3.8) is 0 Å². The number of nitriles is 1. The molecule has 1 atom stereocenters. The van der Waals surface area contributed by atoms with Gasteiger partial charge in [-0.3, -0.25) is 9.36 Å². The average Bonchev–Trinajstić information content (AvgIpc) is 3.30. The van der Waals surface area contributed by atoms with Gasteiger partial charge in [-0.1, -0.05) is 59.4 Å². The Kier molecular flexibility index (Phi) is 9.13. The lowest BCUT2D eigenvalue weighted by Gasteiger charge is -2.24. The number of aryl methyl sites for hydroxylation is 1. The number of ether oxygens (including phenoxy) is 3. The number of aromatic nitrogens is 1. The Morgan fingerprint density at radius 2 is 1.91 bits per heavy atom. The quantitative estimate of drug-likeness (QED) is 0.185. The second-order valence-electron chi connectivity index (χ2n) is 9.80. The number of carbonyl (C=O) groups excluding carboxylic acids is 1. The number of hydrogen-bond acceptors (Lipinski definition) is 8. The zero-order valence-corrected chi connectivity index (χ0v) is 27.0. The number of thiazole rings is 1. The molecule has 0 unspecified atom stereocenters. The van der Waals surface area contributed by atoms with Gasteiger partial charge in [0.25, 0.3) is 5.56 Å². The summed E-state index contributed by atoms with van der Waals surface area (Å²) in [6.07, 6.45) is 1.76. The predicted octanol–water partition coefficient (Wildman–Crippen LogP) is 5.17. The highest BCUT2D eigenvalue weighted by Crippen LogP contribution is 2.35. The van der Waals surface area contributed by atoms with Crippen LogP contribution in [0, 0.1) is 21.8 Å². The summed E-state index contributed by atoms with van der Waals surface area (Å²) in [7, 11) is 1.56. The molecule has 3 aromatic carbocycles. The first kappa shape index (κ1) is 30.3. The zero-order valence-electron chi connectivity index (χ0n) is 24.0. The highest BCUT2D eigenvalue weighted by molar-refractivity contribution is 14.1. The highest BCUT2D eigenvalue weighted by Gasteiger charge is 2.33. The monoisotopic (exact) mass is 705 g/mol. The standard InChI is InChI=1S/C33H28IN3O5S/c1-5-41-32(39)28-20(3)36-33-37(29(28)21-12-10-19(2)11-13-21)31(38)27(43-33)15-24-14-25(34)16-26(40-4)30(24)42-18-23-9-7-6-8-22(23)17-35/h6-16,29H,5,18H2,1-4H3/b27-15-/t29-/m0/s1. The lowest BCUT2D eigenvalue weighted by atomic mass is 9.95.